The van der Waals surface area contributed by atoms with Crippen LogP contribution in [0.5, 0.6) is 0 Å². The van der Waals surface area contributed by atoms with E-state index in [0.29, 0.717) is 13.1 Å². The fourth-order valence-corrected chi connectivity index (χ4v) is 3.64. The highest BCUT2D eigenvalue weighted by atomic mass is 16.2. The Morgan fingerprint density at radius 2 is 0.833 bits per heavy atom. The number of amides is 2. The van der Waals surface area contributed by atoms with Gasteiger partial charge in [0.15, 0.2) is 0 Å². The van der Waals surface area contributed by atoms with Crippen LogP contribution in [0.25, 0.3) is 0 Å². The Labute approximate surface area is 149 Å². The monoisotopic (exact) mass is 340 g/mol. The van der Waals surface area contributed by atoms with E-state index in [2.05, 4.69) is 52.2 Å². The predicted molar refractivity (Wildman–Crippen MR) is 102 cm³/mol. The van der Waals surface area contributed by atoms with Crippen molar-refractivity contribution in [1.82, 2.24) is 10.6 Å². The number of nitrogens with one attached hydrogen (secondary N) is 2. The molecule has 0 aliphatic rings. The Balaban J connectivity index is 4.35. The second-order valence-corrected chi connectivity index (χ2v) is 10.8. The van der Waals surface area contributed by atoms with E-state index >= 15 is 0 Å². The average molecular weight is 341 g/mol. The summed E-state index contributed by atoms with van der Waals surface area (Å²) in [6, 6.07) is 0. The van der Waals surface area contributed by atoms with Crippen LogP contribution in [0.3, 0.4) is 0 Å². The molecule has 0 fully saturated rings. The highest BCUT2D eigenvalue weighted by Crippen LogP contribution is 2.34. The average Bonchev–Trinajstić information content (AvgIpc) is 2.27. The maximum Gasteiger partial charge on any atom is 0.225 e. The summed E-state index contributed by atoms with van der Waals surface area (Å²) in [6.45, 7) is 21.6. The lowest BCUT2D eigenvalue weighted by atomic mass is 9.75. The molecule has 24 heavy (non-hydrogen) atoms. The molecule has 0 aliphatic carbocycles. The Bertz CT molecular complexity index is 396. The van der Waals surface area contributed by atoms with Crippen molar-refractivity contribution in [2.24, 2.45) is 21.7 Å². The molecule has 0 atom stereocenters. The van der Waals surface area contributed by atoms with E-state index in [-0.39, 0.29) is 22.6 Å². The molecule has 4 heteroatoms. The third-order valence-corrected chi connectivity index (χ3v) is 3.87. The highest BCUT2D eigenvalue weighted by molar-refractivity contribution is 5.83. The van der Waals surface area contributed by atoms with Crippen LogP contribution < -0.4 is 10.6 Å². The fourth-order valence-electron chi connectivity index (χ4n) is 3.64. The maximum atomic E-state index is 12.3. The van der Waals surface area contributed by atoms with Crippen molar-refractivity contribution in [2.75, 3.05) is 13.1 Å². The van der Waals surface area contributed by atoms with E-state index in [1.165, 1.54) is 0 Å². The number of carbonyl (C=O) groups is 2. The molecule has 0 aromatic heterocycles. The topological polar surface area (TPSA) is 58.2 Å². The molecule has 2 N–H and O–H groups in total. The van der Waals surface area contributed by atoms with Crippen LogP contribution in [-0.4, -0.2) is 24.9 Å². The molecule has 2 amide bonds. The molecule has 0 aromatic carbocycles. The van der Waals surface area contributed by atoms with Gasteiger partial charge in [0.25, 0.3) is 0 Å². The van der Waals surface area contributed by atoms with Gasteiger partial charge in [0.1, 0.15) is 0 Å². The SMILES string of the molecule is CC(C)(C)CC(C)(C)C(=O)NCCNC(=O)C(C)(C)CC(C)(C)C. The Morgan fingerprint density at radius 1 is 0.583 bits per heavy atom. The first kappa shape index (κ1) is 22.9. The summed E-state index contributed by atoms with van der Waals surface area (Å²) in [4.78, 5) is 24.7. The maximum absolute atomic E-state index is 12.3. The quantitative estimate of drug-likeness (QED) is 0.684. The first-order valence-corrected chi connectivity index (χ1v) is 9.03. The molecule has 0 aromatic rings. The van der Waals surface area contributed by atoms with Crippen LogP contribution in [0.15, 0.2) is 0 Å². The molecule has 0 saturated carbocycles. The van der Waals surface area contributed by atoms with Crippen LogP contribution in [0.1, 0.15) is 82.1 Å². The normalized spacial score (nSPS) is 13.6. The minimum Gasteiger partial charge on any atom is -0.354 e. The largest absolute Gasteiger partial charge is 0.354 e. The number of rotatable bonds is 7. The second kappa shape index (κ2) is 7.88. The lowest BCUT2D eigenvalue weighted by molar-refractivity contribution is -0.132. The van der Waals surface area contributed by atoms with Crippen LogP contribution in [-0.2, 0) is 9.59 Å². The number of hydrogen-bond donors (Lipinski definition) is 2. The van der Waals surface area contributed by atoms with Crippen LogP contribution in [0.2, 0.25) is 0 Å². The zero-order valence-electron chi connectivity index (χ0n) is 17.6. The number of carbonyl (C=O) groups excluding carboxylic acids is 2. The van der Waals surface area contributed by atoms with Gasteiger partial charge < -0.3 is 10.6 Å². The predicted octanol–water partition coefficient (Wildman–Crippen LogP) is 4.14. The summed E-state index contributed by atoms with van der Waals surface area (Å²) in [5.41, 5.74) is -0.612. The van der Waals surface area contributed by atoms with E-state index in [1.54, 1.807) is 0 Å². The summed E-state index contributed by atoms with van der Waals surface area (Å²) < 4.78 is 0. The van der Waals surface area contributed by atoms with Crippen molar-refractivity contribution in [1.29, 1.82) is 0 Å². The first-order chi connectivity index (χ1) is 10.5. The summed E-state index contributed by atoms with van der Waals surface area (Å²) in [6.07, 6.45) is 1.63. The Kier molecular flexibility index (Phi) is 7.53. The van der Waals surface area contributed by atoms with E-state index in [0.717, 1.165) is 12.8 Å². The molecule has 0 radical (unpaired) electrons. The first-order valence-electron chi connectivity index (χ1n) is 9.03. The Morgan fingerprint density at radius 3 is 1.04 bits per heavy atom. The van der Waals surface area contributed by atoms with E-state index in [4.69, 9.17) is 0 Å². The summed E-state index contributed by atoms with van der Waals surface area (Å²) >= 11 is 0. The standard InChI is InChI=1S/C20H40N2O2/c1-17(2,3)13-19(7,8)15(23)21-11-12-22-16(24)20(9,10)14-18(4,5)6/h11-14H2,1-10H3,(H,21,23)(H,22,24). The molecule has 0 bridgehead atoms. The zero-order chi connectivity index (χ0) is 19.4. The molecule has 0 spiro atoms. The van der Waals surface area contributed by atoms with Crippen molar-refractivity contribution >= 4 is 11.8 Å². The third kappa shape index (κ3) is 9.29. The van der Waals surface area contributed by atoms with Crippen molar-refractivity contribution < 1.29 is 9.59 Å². The fraction of sp³-hybridized carbons (Fsp3) is 0.900. The van der Waals surface area contributed by atoms with Crippen LogP contribution >= 0.6 is 0 Å². The van der Waals surface area contributed by atoms with E-state index in [1.807, 2.05) is 27.7 Å². The van der Waals surface area contributed by atoms with Gasteiger partial charge in [-0.15, -0.1) is 0 Å². The molecular weight excluding hydrogens is 300 g/mol. The van der Waals surface area contributed by atoms with Gasteiger partial charge in [0.05, 0.1) is 0 Å². The minimum atomic E-state index is -0.409. The van der Waals surface area contributed by atoms with Gasteiger partial charge >= 0.3 is 0 Å². The van der Waals surface area contributed by atoms with Gasteiger partial charge in [-0.1, -0.05) is 69.2 Å². The Hall–Kier alpha value is -1.06. The van der Waals surface area contributed by atoms with E-state index < -0.39 is 10.8 Å². The molecular formula is C20H40N2O2. The molecule has 0 rings (SSSR count). The molecule has 0 saturated heterocycles. The van der Waals surface area contributed by atoms with Gasteiger partial charge in [0, 0.05) is 23.9 Å². The zero-order valence-corrected chi connectivity index (χ0v) is 17.6. The smallest absolute Gasteiger partial charge is 0.225 e. The van der Waals surface area contributed by atoms with Crippen molar-refractivity contribution in [2.45, 2.75) is 82.1 Å². The van der Waals surface area contributed by atoms with Gasteiger partial charge in [-0.25, -0.2) is 0 Å². The van der Waals surface area contributed by atoms with Crippen molar-refractivity contribution in [3.8, 4) is 0 Å². The molecule has 0 heterocycles. The second-order valence-electron chi connectivity index (χ2n) is 10.8. The van der Waals surface area contributed by atoms with Crippen LogP contribution in [0, 0.1) is 21.7 Å². The third-order valence-electron chi connectivity index (χ3n) is 3.87. The van der Waals surface area contributed by atoms with Gasteiger partial charge in [0.2, 0.25) is 11.8 Å². The van der Waals surface area contributed by atoms with Gasteiger partial charge in [-0.05, 0) is 23.7 Å². The molecule has 142 valence electrons. The number of hydrogen-bond acceptors (Lipinski definition) is 2. The van der Waals surface area contributed by atoms with Crippen LogP contribution in [0.4, 0.5) is 0 Å². The summed E-state index contributed by atoms with van der Waals surface area (Å²) in [7, 11) is 0. The van der Waals surface area contributed by atoms with E-state index in [9.17, 15) is 9.59 Å². The van der Waals surface area contributed by atoms with Crippen molar-refractivity contribution in [3.05, 3.63) is 0 Å². The minimum absolute atomic E-state index is 0.0422. The summed E-state index contributed by atoms with van der Waals surface area (Å²) in [5.74, 6) is 0.0845. The van der Waals surface area contributed by atoms with Gasteiger partial charge in [-0.2, -0.15) is 0 Å². The lowest BCUT2D eigenvalue weighted by Crippen LogP contribution is -2.45. The highest BCUT2D eigenvalue weighted by Gasteiger charge is 2.33. The van der Waals surface area contributed by atoms with Crippen molar-refractivity contribution in [3.63, 3.8) is 0 Å². The summed E-state index contributed by atoms with van der Waals surface area (Å²) in [5, 5.41) is 5.89. The van der Waals surface area contributed by atoms with Gasteiger partial charge in [-0.3, -0.25) is 9.59 Å². The molecule has 0 unspecified atom stereocenters. The molecule has 0 aliphatic heterocycles. The molecule has 4 nitrogen and oxygen atoms in total. The lowest BCUT2D eigenvalue weighted by Gasteiger charge is -2.32.